The van der Waals surface area contributed by atoms with E-state index in [1.54, 1.807) is 0 Å². The van der Waals surface area contributed by atoms with Crippen LogP contribution in [0.1, 0.15) is 6.42 Å². The fourth-order valence-electron chi connectivity index (χ4n) is 1.64. The molecule has 2 unspecified atom stereocenters. The Balaban J connectivity index is 2.58. The molecule has 0 aromatic rings. The van der Waals surface area contributed by atoms with Crippen LogP contribution in [0.25, 0.3) is 0 Å². The lowest BCUT2D eigenvalue weighted by atomic mass is 10.1. The molecule has 5 atom stereocenters. The first kappa shape index (κ1) is 14.7. The lowest BCUT2D eigenvalue weighted by Gasteiger charge is -2.21. The van der Waals surface area contributed by atoms with Gasteiger partial charge >= 0.3 is 5.97 Å². The van der Waals surface area contributed by atoms with Gasteiger partial charge in [-0.15, -0.1) is 0 Å². The molecule has 0 saturated carbocycles. The van der Waals surface area contributed by atoms with E-state index in [-0.39, 0.29) is 6.42 Å². The second-order valence-electron chi connectivity index (χ2n) is 3.83. The first-order chi connectivity index (χ1) is 8.01. The predicted octanol–water partition coefficient (Wildman–Crippen LogP) is -2.21. The van der Waals surface area contributed by atoms with E-state index in [1.165, 1.54) is 0 Å². The number of aliphatic hydroxyl groups is 3. The molecule has 1 aliphatic heterocycles. The van der Waals surface area contributed by atoms with Crippen LogP contribution >= 0.6 is 12.6 Å². The third kappa shape index (κ3) is 3.54. The first-order valence-electron chi connectivity index (χ1n) is 5.23. The summed E-state index contributed by atoms with van der Waals surface area (Å²) in [6.07, 6.45) is -4.17. The number of hydrogen-bond acceptors (Lipinski definition) is 7. The van der Waals surface area contributed by atoms with Crippen LogP contribution in [0.3, 0.4) is 0 Å². The number of rotatable bonds is 6. The second-order valence-corrected chi connectivity index (χ2v) is 4.28. The van der Waals surface area contributed by atoms with Gasteiger partial charge in [-0.25, -0.2) is 0 Å². The summed E-state index contributed by atoms with van der Waals surface area (Å²) < 4.78 is 5.11. The fourth-order valence-corrected chi connectivity index (χ4v) is 1.90. The second kappa shape index (κ2) is 6.53. The SMILES string of the molecule is O=C(O)C(CCS)NC1O[C@H](CO)[C@@H](O)[C@H]1O. The van der Waals surface area contributed by atoms with Crippen LogP contribution in [0.4, 0.5) is 0 Å². The Hall–Kier alpha value is -0.380. The van der Waals surface area contributed by atoms with Crippen LogP contribution in [-0.4, -0.2) is 69.3 Å². The molecule has 7 nitrogen and oxygen atoms in total. The monoisotopic (exact) mass is 267 g/mol. The van der Waals surface area contributed by atoms with Crippen molar-refractivity contribution < 1.29 is 30.0 Å². The van der Waals surface area contributed by atoms with Gasteiger partial charge in [0.2, 0.25) is 0 Å². The average molecular weight is 267 g/mol. The molecular formula is C9H17NO6S. The summed E-state index contributed by atoms with van der Waals surface area (Å²) in [4.78, 5) is 10.9. The summed E-state index contributed by atoms with van der Waals surface area (Å²) in [5, 5.41) is 39.4. The van der Waals surface area contributed by atoms with Gasteiger partial charge in [0, 0.05) is 0 Å². The van der Waals surface area contributed by atoms with Crippen molar-refractivity contribution in [3.63, 3.8) is 0 Å². The van der Waals surface area contributed by atoms with E-state index in [1.807, 2.05) is 0 Å². The maximum absolute atomic E-state index is 10.9. The number of carboxylic acid groups (broad SMARTS) is 1. The van der Waals surface area contributed by atoms with Crippen LogP contribution in [-0.2, 0) is 9.53 Å². The van der Waals surface area contributed by atoms with E-state index in [2.05, 4.69) is 17.9 Å². The minimum atomic E-state index is -1.27. The standard InChI is InChI=1S/C9H17NO6S/c11-3-5-6(12)7(13)8(16-5)10-4(1-2-17)9(14)15/h4-8,10-13,17H,1-3H2,(H,14,15)/t4?,5-,6-,7-,8?/m1/s1. The van der Waals surface area contributed by atoms with E-state index in [4.69, 9.17) is 14.9 Å². The molecule has 0 spiro atoms. The Morgan fingerprint density at radius 3 is 2.47 bits per heavy atom. The highest BCUT2D eigenvalue weighted by Crippen LogP contribution is 2.20. The number of aliphatic hydroxyl groups excluding tert-OH is 3. The number of carboxylic acids is 1. The fraction of sp³-hybridized carbons (Fsp3) is 0.889. The molecule has 1 saturated heterocycles. The van der Waals surface area contributed by atoms with Crippen molar-refractivity contribution in [1.82, 2.24) is 5.32 Å². The molecule has 1 aliphatic rings. The van der Waals surface area contributed by atoms with Crippen molar-refractivity contribution in [1.29, 1.82) is 0 Å². The van der Waals surface area contributed by atoms with E-state index in [0.717, 1.165) is 0 Å². The van der Waals surface area contributed by atoms with Gasteiger partial charge in [0.25, 0.3) is 0 Å². The van der Waals surface area contributed by atoms with Gasteiger partial charge in [-0.1, -0.05) is 0 Å². The largest absolute Gasteiger partial charge is 0.480 e. The molecule has 0 aromatic heterocycles. The highest BCUT2D eigenvalue weighted by molar-refractivity contribution is 7.80. The third-order valence-corrected chi connectivity index (χ3v) is 2.88. The van der Waals surface area contributed by atoms with Gasteiger partial charge in [-0.05, 0) is 12.2 Å². The Morgan fingerprint density at radius 1 is 1.41 bits per heavy atom. The molecule has 0 amide bonds. The summed E-state index contributed by atoms with van der Waals surface area (Å²) in [7, 11) is 0. The topological polar surface area (TPSA) is 119 Å². The number of aliphatic carboxylic acids is 1. The van der Waals surface area contributed by atoms with Crippen molar-refractivity contribution in [3.05, 3.63) is 0 Å². The van der Waals surface area contributed by atoms with Gasteiger partial charge < -0.3 is 25.2 Å². The quantitative estimate of drug-likeness (QED) is 0.302. The number of carbonyl (C=O) groups is 1. The molecular weight excluding hydrogens is 250 g/mol. The summed E-state index contributed by atoms with van der Waals surface area (Å²) in [5.41, 5.74) is 0. The summed E-state index contributed by atoms with van der Waals surface area (Å²) in [6, 6.07) is -0.920. The lowest BCUT2D eigenvalue weighted by Crippen LogP contribution is -2.49. The van der Waals surface area contributed by atoms with Crippen molar-refractivity contribution in [3.8, 4) is 0 Å². The van der Waals surface area contributed by atoms with Crippen molar-refractivity contribution in [2.75, 3.05) is 12.4 Å². The predicted molar refractivity (Wildman–Crippen MR) is 60.8 cm³/mol. The van der Waals surface area contributed by atoms with Gasteiger partial charge in [-0.3, -0.25) is 10.1 Å². The van der Waals surface area contributed by atoms with Gasteiger partial charge in [-0.2, -0.15) is 12.6 Å². The van der Waals surface area contributed by atoms with Crippen LogP contribution in [0.5, 0.6) is 0 Å². The average Bonchev–Trinajstić information content (AvgIpc) is 2.56. The van der Waals surface area contributed by atoms with Gasteiger partial charge in [0.05, 0.1) is 6.61 Å². The molecule has 0 radical (unpaired) electrons. The smallest absolute Gasteiger partial charge is 0.320 e. The number of hydrogen-bond donors (Lipinski definition) is 6. The molecule has 100 valence electrons. The molecule has 1 heterocycles. The van der Waals surface area contributed by atoms with Crippen LogP contribution in [0.2, 0.25) is 0 Å². The Morgan fingerprint density at radius 2 is 2.06 bits per heavy atom. The molecule has 0 aromatic carbocycles. The van der Waals surface area contributed by atoms with E-state index in [9.17, 15) is 15.0 Å². The maximum atomic E-state index is 10.9. The number of thiol groups is 1. The zero-order chi connectivity index (χ0) is 13.0. The van der Waals surface area contributed by atoms with Crippen LogP contribution in [0.15, 0.2) is 0 Å². The number of ether oxygens (including phenoxy) is 1. The minimum Gasteiger partial charge on any atom is -0.480 e. The first-order valence-corrected chi connectivity index (χ1v) is 5.86. The highest BCUT2D eigenvalue weighted by atomic mass is 32.1. The summed E-state index contributed by atoms with van der Waals surface area (Å²) in [5.74, 6) is -0.726. The van der Waals surface area contributed by atoms with Crippen LogP contribution < -0.4 is 5.32 Å². The molecule has 1 fully saturated rings. The van der Waals surface area contributed by atoms with E-state index in [0.29, 0.717) is 5.75 Å². The lowest BCUT2D eigenvalue weighted by molar-refractivity contribution is -0.141. The van der Waals surface area contributed by atoms with Crippen LogP contribution in [0, 0.1) is 0 Å². The zero-order valence-electron chi connectivity index (χ0n) is 9.06. The molecule has 17 heavy (non-hydrogen) atoms. The zero-order valence-corrected chi connectivity index (χ0v) is 9.96. The molecule has 0 aliphatic carbocycles. The highest BCUT2D eigenvalue weighted by Gasteiger charge is 2.43. The normalized spacial score (nSPS) is 34.8. The summed E-state index contributed by atoms with van der Waals surface area (Å²) >= 11 is 3.93. The number of nitrogens with one attached hydrogen (secondary N) is 1. The summed E-state index contributed by atoms with van der Waals surface area (Å²) in [6.45, 7) is -0.444. The molecule has 0 bridgehead atoms. The Kier molecular flexibility index (Phi) is 5.63. The molecule has 5 N–H and O–H groups in total. The van der Waals surface area contributed by atoms with Gasteiger partial charge in [0.1, 0.15) is 30.6 Å². The van der Waals surface area contributed by atoms with E-state index < -0.39 is 43.2 Å². The third-order valence-electron chi connectivity index (χ3n) is 2.62. The minimum absolute atomic E-state index is 0.255. The Bertz CT molecular complexity index is 266. The Labute approximate surface area is 104 Å². The maximum Gasteiger partial charge on any atom is 0.320 e. The van der Waals surface area contributed by atoms with Gasteiger partial charge in [0.15, 0.2) is 0 Å². The molecule has 8 heteroatoms. The molecule has 1 rings (SSSR count). The van der Waals surface area contributed by atoms with E-state index >= 15 is 0 Å². The van der Waals surface area contributed by atoms with Crippen molar-refractivity contribution >= 4 is 18.6 Å². The van der Waals surface area contributed by atoms with Crippen molar-refractivity contribution in [2.45, 2.75) is 37.0 Å². The van der Waals surface area contributed by atoms with Crippen molar-refractivity contribution in [2.24, 2.45) is 0 Å².